The van der Waals surface area contributed by atoms with Gasteiger partial charge in [-0.05, 0) is 46.0 Å². The lowest BCUT2D eigenvalue weighted by Gasteiger charge is -2.36. The molecule has 0 atom stereocenters. The van der Waals surface area contributed by atoms with Crippen LogP contribution in [0.4, 0.5) is 10.5 Å². The molecule has 0 saturated carbocycles. The first-order valence-electron chi connectivity index (χ1n) is 13.0. The summed E-state index contributed by atoms with van der Waals surface area (Å²) in [5, 5.41) is 10.9. The number of benzene rings is 1. The van der Waals surface area contributed by atoms with Crippen LogP contribution < -0.4 is 10.7 Å². The summed E-state index contributed by atoms with van der Waals surface area (Å²) < 4.78 is 5.42. The molecule has 1 aromatic carbocycles. The molecule has 198 valence electrons. The molecule has 0 radical (unpaired) electrons. The van der Waals surface area contributed by atoms with Gasteiger partial charge in [0, 0.05) is 44.1 Å². The smallest absolute Gasteiger partial charge is 0.334 e. The number of ketones is 1. The van der Waals surface area contributed by atoms with Crippen LogP contribution in [0.3, 0.4) is 0 Å². The monoisotopic (exact) mass is 509 g/mol. The molecule has 3 amide bonds. The number of anilines is 1. The van der Waals surface area contributed by atoms with Crippen molar-refractivity contribution < 1.29 is 19.1 Å². The SMILES string of the molecule is CN(C)CCCC(=O)N1CCC(c2[nH]nc3c2C(=O)c2c-3cccc2N(C(N)=O)N2CCOCC2)CC1. The lowest BCUT2D eigenvalue weighted by Crippen LogP contribution is -2.54. The van der Waals surface area contributed by atoms with Gasteiger partial charge in [-0.25, -0.2) is 14.8 Å². The Morgan fingerprint density at radius 2 is 1.86 bits per heavy atom. The van der Waals surface area contributed by atoms with Crippen LogP contribution in [0.5, 0.6) is 0 Å². The van der Waals surface area contributed by atoms with Crippen molar-refractivity contribution in [2.75, 3.05) is 65.0 Å². The molecule has 2 saturated heterocycles. The van der Waals surface area contributed by atoms with Gasteiger partial charge in [-0.3, -0.25) is 14.7 Å². The zero-order valence-electron chi connectivity index (χ0n) is 21.5. The van der Waals surface area contributed by atoms with E-state index in [2.05, 4.69) is 15.1 Å². The largest absolute Gasteiger partial charge is 0.379 e. The molecule has 5 rings (SSSR count). The summed E-state index contributed by atoms with van der Waals surface area (Å²) in [5.74, 6) is 0.152. The Kier molecular flexibility index (Phi) is 7.27. The zero-order chi connectivity index (χ0) is 26.1. The van der Waals surface area contributed by atoms with E-state index in [1.807, 2.05) is 36.1 Å². The summed E-state index contributed by atoms with van der Waals surface area (Å²) in [4.78, 5) is 43.0. The molecule has 0 spiro atoms. The predicted molar refractivity (Wildman–Crippen MR) is 138 cm³/mol. The van der Waals surface area contributed by atoms with E-state index in [0.717, 1.165) is 31.5 Å². The summed E-state index contributed by atoms with van der Waals surface area (Å²) in [6, 6.07) is 4.80. The van der Waals surface area contributed by atoms with Crippen molar-refractivity contribution >= 4 is 23.4 Å². The topological polar surface area (TPSA) is 128 Å². The van der Waals surface area contributed by atoms with Gasteiger partial charge in [-0.1, -0.05) is 12.1 Å². The lowest BCUT2D eigenvalue weighted by atomic mass is 9.90. The molecule has 0 bridgehead atoms. The van der Waals surface area contributed by atoms with Crippen LogP contribution in [-0.4, -0.2) is 103 Å². The van der Waals surface area contributed by atoms with Gasteiger partial charge in [-0.2, -0.15) is 5.10 Å². The molecule has 11 nitrogen and oxygen atoms in total. The maximum Gasteiger partial charge on any atom is 0.334 e. The highest BCUT2D eigenvalue weighted by atomic mass is 16.5. The van der Waals surface area contributed by atoms with Crippen LogP contribution in [0.2, 0.25) is 0 Å². The minimum absolute atomic E-state index is 0.107. The Morgan fingerprint density at radius 3 is 2.54 bits per heavy atom. The second-order valence-corrected chi connectivity index (χ2v) is 10.2. The quantitative estimate of drug-likeness (QED) is 0.497. The van der Waals surface area contributed by atoms with Crippen molar-refractivity contribution in [1.82, 2.24) is 25.0 Å². The number of carbonyl (C=O) groups is 3. The van der Waals surface area contributed by atoms with Crippen LogP contribution in [0.15, 0.2) is 18.2 Å². The number of nitrogens with two attached hydrogens (primary N) is 1. The number of nitrogens with zero attached hydrogens (tertiary/aromatic N) is 5. The number of amides is 3. The minimum atomic E-state index is -0.642. The number of rotatable bonds is 7. The summed E-state index contributed by atoms with van der Waals surface area (Å²) in [6.07, 6.45) is 2.94. The first kappa shape index (κ1) is 25.4. The molecule has 11 heteroatoms. The number of piperidine rings is 1. The zero-order valence-corrected chi connectivity index (χ0v) is 21.5. The summed E-state index contributed by atoms with van der Waals surface area (Å²) >= 11 is 0. The fourth-order valence-electron chi connectivity index (χ4n) is 5.64. The molecule has 3 heterocycles. The maximum absolute atomic E-state index is 13.8. The number of nitrogens with one attached hydrogen (secondary N) is 1. The normalized spacial score (nSPS) is 18.2. The highest BCUT2D eigenvalue weighted by Gasteiger charge is 2.39. The molecule has 3 N–H and O–H groups in total. The number of H-pyrrole nitrogens is 1. The number of likely N-dealkylation sites (tertiary alicyclic amines) is 1. The van der Waals surface area contributed by atoms with Crippen molar-refractivity contribution in [1.29, 1.82) is 0 Å². The highest BCUT2D eigenvalue weighted by Crippen LogP contribution is 2.44. The first-order valence-corrected chi connectivity index (χ1v) is 13.0. The first-order chi connectivity index (χ1) is 17.9. The second-order valence-electron chi connectivity index (χ2n) is 10.2. The number of morpholine rings is 1. The van der Waals surface area contributed by atoms with Crippen molar-refractivity contribution in [3.05, 3.63) is 35.0 Å². The average Bonchev–Trinajstić information content (AvgIpc) is 3.45. The molecular formula is C26H35N7O4. The molecule has 1 aliphatic carbocycles. The second kappa shape index (κ2) is 10.6. The van der Waals surface area contributed by atoms with Crippen molar-refractivity contribution in [2.24, 2.45) is 5.73 Å². The van der Waals surface area contributed by atoms with E-state index in [1.54, 1.807) is 6.07 Å². The molecule has 37 heavy (non-hydrogen) atoms. The Morgan fingerprint density at radius 1 is 1.14 bits per heavy atom. The van der Waals surface area contributed by atoms with Gasteiger partial charge in [0.15, 0.2) is 5.78 Å². The van der Waals surface area contributed by atoms with E-state index in [-0.39, 0.29) is 17.6 Å². The average molecular weight is 510 g/mol. The highest BCUT2D eigenvalue weighted by molar-refractivity contribution is 6.25. The number of hydrogen-bond acceptors (Lipinski definition) is 7. The third-order valence-corrected chi connectivity index (χ3v) is 7.51. The third kappa shape index (κ3) is 4.86. The lowest BCUT2D eigenvalue weighted by molar-refractivity contribution is -0.132. The van der Waals surface area contributed by atoms with Crippen LogP contribution in [-0.2, 0) is 9.53 Å². The number of primary amides is 1. The Labute approximate surface area is 216 Å². The van der Waals surface area contributed by atoms with Gasteiger partial charge in [0.05, 0.1) is 35.7 Å². The molecule has 2 aromatic rings. The van der Waals surface area contributed by atoms with Gasteiger partial charge < -0.3 is 20.3 Å². The Bertz CT molecular complexity index is 1180. The van der Waals surface area contributed by atoms with E-state index >= 15 is 0 Å². The maximum atomic E-state index is 13.8. The molecule has 2 fully saturated rings. The number of urea groups is 1. The van der Waals surface area contributed by atoms with E-state index in [0.29, 0.717) is 73.9 Å². The van der Waals surface area contributed by atoms with Gasteiger partial charge in [0.25, 0.3) is 0 Å². The molecule has 0 unspecified atom stereocenters. The van der Waals surface area contributed by atoms with Gasteiger partial charge in [0.1, 0.15) is 5.69 Å². The molecular weight excluding hydrogens is 474 g/mol. The number of carbonyl (C=O) groups excluding carboxylic acids is 3. The number of fused-ring (bicyclic) bond motifs is 3. The Balaban J connectivity index is 1.34. The molecule has 2 aliphatic heterocycles. The third-order valence-electron chi connectivity index (χ3n) is 7.51. The van der Waals surface area contributed by atoms with Crippen molar-refractivity contribution in [2.45, 2.75) is 31.6 Å². The number of ether oxygens (including phenoxy) is 1. The van der Waals surface area contributed by atoms with Crippen LogP contribution in [0.1, 0.15) is 53.2 Å². The van der Waals surface area contributed by atoms with E-state index in [1.165, 1.54) is 5.01 Å². The summed E-state index contributed by atoms with van der Waals surface area (Å²) in [5.41, 5.74) is 9.42. The van der Waals surface area contributed by atoms with Crippen LogP contribution in [0.25, 0.3) is 11.3 Å². The van der Waals surface area contributed by atoms with E-state index in [4.69, 9.17) is 10.5 Å². The van der Waals surface area contributed by atoms with Crippen molar-refractivity contribution in [3.63, 3.8) is 0 Å². The Hall–Kier alpha value is -3.28. The number of hydrazine groups is 1. The number of aromatic nitrogens is 2. The van der Waals surface area contributed by atoms with Gasteiger partial charge >= 0.3 is 6.03 Å². The molecule has 1 aromatic heterocycles. The fourth-order valence-corrected chi connectivity index (χ4v) is 5.64. The van der Waals surface area contributed by atoms with Crippen molar-refractivity contribution in [3.8, 4) is 11.3 Å². The predicted octanol–water partition coefficient (Wildman–Crippen LogP) is 1.80. The number of aromatic amines is 1. The summed E-state index contributed by atoms with van der Waals surface area (Å²) in [7, 11) is 4.02. The van der Waals surface area contributed by atoms with Crippen LogP contribution >= 0.6 is 0 Å². The summed E-state index contributed by atoms with van der Waals surface area (Å²) in [6.45, 7) is 4.20. The number of hydrogen-bond donors (Lipinski definition) is 2. The standard InChI is InChI=1S/C26H35N7O4/c1-30(2)10-4-7-20(34)31-11-8-17(9-12-31)23-22-24(29-28-23)18-5-3-6-19(21(18)25(22)35)33(26(27)36)32-13-15-37-16-14-32/h3,5-6,17H,4,7-16H2,1-2H3,(H2,27,36)(H,28,29). The fraction of sp³-hybridized carbons (Fsp3) is 0.538. The molecule has 3 aliphatic rings. The minimum Gasteiger partial charge on any atom is -0.379 e. The van der Waals surface area contributed by atoms with Gasteiger partial charge in [-0.15, -0.1) is 0 Å². The van der Waals surface area contributed by atoms with Gasteiger partial charge in [0.2, 0.25) is 5.91 Å². The van der Waals surface area contributed by atoms with E-state index < -0.39 is 6.03 Å². The van der Waals surface area contributed by atoms with E-state index in [9.17, 15) is 14.4 Å². The van der Waals surface area contributed by atoms with Crippen LogP contribution in [0, 0.1) is 0 Å².